The smallest absolute Gasteiger partial charge is 0.303 e. The Kier molecular flexibility index (Phi) is 15.4. The third-order valence-electron chi connectivity index (χ3n) is 4.67. The molecular formula is C28H33NO6. The molecule has 2 aromatic carbocycles. The zero-order chi connectivity index (χ0) is 25.7. The summed E-state index contributed by atoms with van der Waals surface area (Å²) < 4.78 is 10.8. The van der Waals surface area contributed by atoms with Gasteiger partial charge in [-0.25, -0.2) is 5.48 Å². The molecule has 0 fully saturated rings. The molecule has 2 rings (SSSR count). The third kappa shape index (κ3) is 14.7. The van der Waals surface area contributed by atoms with Gasteiger partial charge in [0.05, 0.1) is 0 Å². The lowest BCUT2D eigenvalue weighted by Crippen LogP contribution is -2.18. The maximum absolute atomic E-state index is 10.8. The quantitative estimate of drug-likeness (QED) is 0.237. The number of carbonyl (C=O) groups is 2. The highest BCUT2D eigenvalue weighted by atomic mass is 16.5. The van der Waals surface area contributed by atoms with Crippen molar-refractivity contribution in [3.8, 4) is 35.2 Å². The van der Waals surface area contributed by atoms with Crippen molar-refractivity contribution >= 4 is 11.9 Å². The number of carboxylic acids is 1. The van der Waals surface area contributed by atoms with Crippen molar-refractivity contribution in [3.63, 3.8) is 0 Å². The van der Waals surface area contributed by atoms with Gasteiger partial charge in [0.15, 0.2) is 0 Å². The van der Waals surface area contributed by atoms with E-state index in [1.165, 1.54) is 0 Å². The summed E-state index contributed by atoms with van der Waals surface area (Å²) in [5, 5.41) is 16.9. The highest BCUT2D eigenvalue weighted by Crippen LogP contribution is 2.14. The molecule has 0 aromatic heterocycles. The molecule has 1 amide bonds. The van der Waals surface area contributed by atoms with Gasteiger partial charge < -0.3 is 14.6 Å². The number of benzene rings is 2. The molecule has 0 spiro atoms. The standard InChI is InChI=1S/C14H17NO3.C14H16O3/c1-2-3-11-18-13-9-7-12(8-10-13)5-4-6-14(16)15-17;1-2-3-11-17-13-9-7-12(8-10-13)5-4-6-14(15)16/h7-10,17H,4-6,11H2,1H3,(H,15,16);7-10H,4-6,11H2,1H3,(H,15,16). The molecule has 0 saturated carbocycles. The largest absolute Gasteiger partial charge is 0.481 e. The van der Waals surface area contributed by atoms with E-state index >= 15 is 0 Å². The molecule has 0 atom stereocenters. The first-order valence-electron chi connectivity index (χ1n) is 11.4. The van der Waals surface area contributed by atoms with Crippen molar-refractivity contribution in [1.29, 1.82) is 0 Å². The van der Waals surface area contributed by atoms with E-state index in [1.807, 2.05) is 48.5 Å². The number of hydroxylamine groups is 1. The van der Waals surface area contributed by atoms with Gasteiger partial charge in [0, 0.05) is 12.8 Å². The molecule has 2 aromatic rings. The Morgan fingerprint density at radius 1 is 0.771 bits per heavy atom. The van der Waals surface area contributed by atoms with Crippen molar-refractivity contribution < 1.29 is 29.4 Å². The SMILES string of the molecule is CC#CCOc1ccc(CCCC(=O)NO)cc1.CC#CCOc1ccc(CCCC(=O)O)cc1. The maximum Gasteiger partial charge on any atom is 0.303 e. The van der Waals surface area contributed by atoms with Crippen molar-refractivity contribution in [2.75, 3.05) is 13.2 Å². The van der Waals surface area contributed by atoms with E-state index in [1.54, 1.807) is 19.3 Å². The molecule has 0 radical (unpaired) electrons. The van der Waals surface area contributed by atoms with E-state index in [2.05, 4.69) is 23.7 Å². The highest BCUT2D eigenvalue weighted by Gasteiger charge is 2.01. The summed E-state index contributed by atoms with van der Waals surface area (Å²) in [5.74, 6) is 11.6. The van der Waals surface area contributed by atoms with Gasteiger partial charge in [-0.1, -0.05) is 36.1 Å². The Labute approximate surface area is 207 Å². The van der Waals surface area contributed by atoms with Gasteiger partial charge in [-0.2, -0.15) is 0 Å². The van der Waals surface area contributed by atoms with Crippen LogP contribution in [0.5, 0.6) is 11.5 Å². The van der Waals surface area contributed by atoms with Crippen LogP contribution in [0, 0.1) is 23.7 Å². The van der Waals surface area contributed by atoms with Crippen molar-refractivity contribution in [2.45, 2.75) is 52.4 Å². The molecule has 0 aliphatic rings. The average molecular weight is 480 g/mol. The number of nitrogens with one attached hydrogen (secondary N) is 1. The fourth-order valence-corrected chi connectivity index (χ4v) is 2.84. The minimum absolute atomic E-state index is 0.213. The molecule has 7 nitrogen and oxygen atoms in total. The van der Waals surface area contributed by atoms with Crippen LogP contribution in [0.15, 0.2) is 48.5 Å². The van der Waals surface area contributed by atoms with Gasteiger partial charge >= 0.3 is 5.97 Å². The number of carboxylic acid groups (broad SMARTS) is 1. The number of carbonyl (C=O) groups excluding carboxylic acids is 1. The van der Waals surface area contributed by atoms with Gasteiger partial charge in [0.2, 0.25) is 5.91 Å². The first-order valence-corrected chi connectivity index (χ1v) is 11.4. The van der Waals surface area contributed by atoms with Crippen LogP contribution in [-0.4, -0.2) is 35.4 Å². The molecule has 0 aliphatic carbocycles. The summed E-state index contributed by atoms with van der Waals surface area (Å²) in [4.78, 5) is 21.2. The van der Waals surface area contributed by atoms with Crippen LogP contribution < -0.4 is 15.0 Å². The van der Waals surface area contributed by atoms with E-state index < -0.39 is 5.97 Å². The van der Waals surface area contributed by atoms with Crippen LogP contribution >= 0.6 is 0 Å². The number of ether oxygens (including phenoxy) is 2. The fourth-order valence-electron chi connectivity index (χ4n) is 2.84. The second-order valence-corrected chi connectivity index (χ2v) is 7.35. The second kappa shape index (κ2) is 18.5. The zero-order valence-corrected chi connectivity index (χ0v) is 20.3. The Hall–Kier alpha value is -3.94. The summed E-state index contributed by atoms with van der Waals surface area (Å²) in [5.41, 5.74) is 3.88. The lowest BCUT2D eigenvalue weighted by atomic mass is 10.1. The minimum atomic E-state index is -0.747. The molecule has 35 heavy (non-hydrogen) atoms. The monoisotopic (exact) mass is 479 g/mol. The first kappa shape index (κ1) is 29.1. The van der Waals surface area contributed by atoms with Crippen LogP contribution in [-0.2, 0) is 22.4 Å². The fraction of sp³-hybridized carbons (Fsp3) is 0.357. The summed E-state index contributed by atoms with van der Waals surface area (Å²) in [6, 6.07) is 15.4. The van der Waals surface area contributed by atoms with Gasteiger partial charge in [-0.15, -0.1) is 11.8 Å². The van der Waals surface area contributed by atoms with Crippen molar-refractivity contribution in [3.05, 3.63) is 59.7 Å². The lowest BCUT2D eigenvalue weighted by Gasteiger charge is -2.04. The molecule has 0 aliphatic heterocycles. The zero-order valence-electron chi connectivity index (χ0n) is 20.3. The van der Waals surface area contributed by atoms with Crippen LogP contribution in [0.25, 0.3) is 0 Å². The predicted molar refractivity (Wildman–Crippen MR) is 134 cm³/mol. The first-order chi connectivity index (χ1) is 17.0. The molecule has 0 heterocycles. The van der Waals surface area contributed by atoms with Crippen LogP contribution in [0.3, 0.4) is 0 Å². The topological polar surface area (TPSA) is 105 Å². The number of hydrogen-bond acceptors (Lipinski definition) is 5. The van der Waals surface area contributed by atoms with Crippen LogP contribution in [0.2, 0.25) is 0 Å². The van der Waals surface area contributed by atoms with Gasteiger partial charge in [0.1, 0.15) is 24.7 Å². The summed E-state index contributed by atoms with van der Waals surface area (Å²) in [6.07, 6.45) is 3.47. The number of aryl methyl sites for hydroxylation is 2. The Bertz CT molecular complexity index is 1010. The molecule has 0 saturated heterocycles. The van der Waals surface area contributed by atoms with E-state index in [9.17, 15) is 9.59 Å². The van der Waals surface area contributed by atoms with Gasteiger partial charge in [0.25, 0.3) is 0 Å². The van der Waals surface area contributed by atoms with Gasteiger partial charge in [-0.3, -0.25) is 14.8 Å². The van der Waals surface area contributed by atoms with E-state index in [-0.39, 0.29) is 12.3 Å². The molecule has 186 valence electrons. The van der Waals surface area contributed by atoms with E-state index in [4.69, 9.17) is 19.8 Å². The number of hydrogen-bond donors (Lipinski definition) is 3. The second-order valence-electron chi connectivity index (χ2n) is 7.35. The van der Waals surface area contributed by atoms with Crippen LogP contribution in [0.4, 0.5) is 0 Å². The summed E-state index contributed by atoms with van der Waals surface area (Å²) in [7, 11) is 0. The molecule has 0 unspecified atom stereocenters. The van der Waals surface area contributed by atoms with E-state index in [0.717, 1.165) is 35.5 Å². The normalized spacial score (nSPS) is 9.23. The molecule has 7 heteroatoms. The summed E-state index contributed by atoms with van der Waals surface area (Å²) in [6.45, 7) is 4.34. The highest BCUT2D eigenvalue weighted by molar-refractivity contribution is 5.74. The Morgan fingerprint density at radius 2 is 1.20 bits per heavy atom. The summed E-state index contributed by atoms with van der Waals surface area (Å²) >= 11 is 0. The average Bonchev–Trinajstić information content (AvgIpc) is 2.86. The molecular weight excluding hydrogens is 446 g/mol. The lowest BCUT2D eigenvalue weighted by molar-refractivity contribution is -0.137. The van der Waals surface area contributed by atoms with Gasteiger partial charge in [-0.05, 0) is 74.9 Å². The molecule has 0 bridgehead atoms. The Balaban J connectivity index is 0.000000351. The predicted octanol–water partition coefficient (Wildman–Crippen LogP) is 4.41. The Morgan fingerprint density at radius 3 is 1.57 bits per heavy atom. The molecule has 3 N–H and O–H groups in total. The van der Waals surface area contributed by atoms with E-state index in [0.29, 0.717) is 32.5 Å². The van der Waals surface area contributed by atoms with Crippen molar-refractivity contribution in [2.24, 2.45) is 0 Å². The number of aliphatic carboxylic acids is 1. The third-order valence-corrected chi connectivity index (χ3v) is 4.67. The maximum atomic E-state index is 10.8. The number of rotatable bonds is 12. The minimum Gasteiger partial charge on any atom is -0.481 e. The number of amides is 1. The van der Waals surface area contributed by atoms with Crippen molar-refractivity contribution in [1.82, 2.24) is 5.48 Å². The van der Waals surface area contributed by atoms with Crippen LogP contribution in [0.1, 0.15) is 50.7 Å².